The molecule has 0 spiro atoms. The number of carbonyl (C=O) groups excluding carboxylic acids is 2. The van der Waals surface area contributed by atoms with Crippen LogP contribution in [0.4, 0.5) is 17.1 Å². The van der Waals surface area contributed by atoms with Crippen molar-refractivity contribution in [2.75, 3.05) is 38.0 Å². The minimum absolute atomic E-state index is 0.00206. The highest BCUT2D eigenvalue weighted by Gasteiger charge is 2.18. The van der Waals surface area contributed by atoms with Gasteiger partial charge in [0.05, 0.1) is 10.5 Å². The highest BCUT2D eigenvalue weighted by Crippen LogP contribution is 2.25. The Balaban J connectivity index is 1.87. The third-order valence-corrected chi connectivity index (χ3v) is 3.98. The zero-order valence-electron chi connectivity index (χ0n) is 15.9. The molecular formula is C19H22N4O5. The van der Waals surface area contributed by atoms with Gasteiger partial charge in [-0.25, -0.2) is 4.79 Å². The van der Waals surface area contributed by atoms with E-state index >= 15 is 0 Å². The molecule has 9 heteroatoms. The largest absolute Gasteiger partial charge is 0.452 e. The van der Waals surface area contributed by atoms with Crippen LogP contribution in [-0.4, -0.2) is 44.5 Å². The van der Waals surface area contributed by atoms with Crippen LogP contribution in [0.3, 0.4) is 0 Å². The van der Waals surface area contributed by atoms with E-state index in [0.717, 1.165) is 17.3 Å². The van der Waals surface area contributed by atoms with E-state index in [1.807, 2.05) is 43.3 Å². The second kappa shape index (κ2) is 9.36. The fourth-order valence-electron chi connectivity index (χ4n) is 2.40. The first-order valence-corrected chi connectivity index (χ1v) is 8.48. The summed E-state index contributed by atoms with van der Waals surface area (Å²) in [5.41, 5.74) is 1.98. The van der Waals surface area contributed by atoms with E-state index in [2.05, 4.69) is 10.6 Å². The number of benzene rings is 2. The zero-order chi connectivity index (χ0) is 20.7. The molecule has 2 rings (SSSR count). The molecule has 0 aliphatic rings. The number of nitro benzene ring substituents is 1. The fourth-order valence-corrected chi connectivity index (χ4v) is 2.40. The predicted molar refractivity (Wildman–Crippen MR) is 106 cm³/mol. The number of nitrogens with zero attached hydrogens (tertiary/aromatic N) is 2. The van der Waals surface area contributed by atoms with Crippen molar-refractivity contribution in [1.82, 2.24) is 5.32 Å². The van der Waals surface area contributed by atoms with E-state index in [9.17, 15) is 19.7 Å². The van der Waals surface area contributed by atoms with Crippen molar-refractivity contribution < 1.29 is 19.2 Å². The van der Waals surface area contributed by atoms with E-state index in [1.165, 1.54) is 12.1 Å². The van der Waals surface area contributed by atoms with Gasteiger partial charge in [-0.05, 0) is 29.8 Å². The van der Waals surface area contributed by atoms with Gasteiger partial charge in [0.15, 0.2) is 6.61 Å². The van der Waals surface area contributed by atoms with E-state index < -0.39 is 23.4 Å². The van der Waals surface area contributed by atoms with E-state index in [0.29, 0.717) is 6.54 Å². The Kier molecular flexibility index (Phi) is 6.91. The lowest BCUT2D eigenvalue weighted by atomic mass is 10.1. The normalized spacial score (nSPS) is 10.1. The predicted octanol–water partition coefficient (Wildman–Crippen LogP) is 2.18. The lowest BCUT2D eigenvalue weighted by Crippen LogP contribution is -2.28. The van der Waals surface area contributed by atoms with Crippen molar-refractivity contribution >= 4 is 28.9 Å². The first-order chi connectivity index (χ1) is 13.3. The number of esters is 1. The lowest BCUT2D eigenvalue weighted by Gasteiger charge is -2.13. The molecule has 0 radical (unpaired) electrons. The highest BCUT2D eigenvalue weighted by molar-refractivity contribution is 5.93. The summed E-state index contributed by atoms with van der Waals surface area (Å²) in [5, 5.41) is 16.4. The van der Waals surface area contributed by atoms with Crippen LogP contribution in [0.1, 0.15) is 15.9 Å². The molecular weight excluding hydrogens is 364 g/mol. The summed E-state index contributed by atoms with van der Waals surface area (Å²) in [6.45, 7) is -0.178. The van der Waals surface area contributed by atoms with Crippen LogP contribution in [0.15, 0.2) is 42.5 Å². The van der Waals surface area contributed by atoms with Gasteiger partial charge in [-0.15, -0.1) is 0 Å². The quantitative estimate of drug-likeness (QED) is 0.406. The fraction of sp³-hybridized carbons (Fsp3) is 0.263. The average molecular weight is 386 g/mol. The van der Waals surface area contributed by atoms with E-state index in [4.69, 9.17) is 4.74 Å². The smallest absolute Gasteiger partial charge is 0.338 e. The molecule has 2 N–H and O–H groups in total. The summed E-state index contributed by atoms with van der Waals surface area (Å²) in [6, 6.07) is 11.6. The molecule has 1 amide bonds. The van der Waals surface area contributed by atoms with Gasteiger partial charge in [-0.2, -0.15) is 0 Å². The zero-order valence-corrected chi connectivity index (χ0v) is 15.9. The highest BCUT2D eigenvalue weighted by atomic mass is 16.6. The van der Waals surface area contributed by atoms with Crippen molar-refractivity contribution in [3.63, 3.8) is 0 Å². The maximum absolute atomic E-state index is 12.0. The molecule has 2 aromatic rings. The Morgan fingerprint density at radius 3 is 2.39 bits per heavy atom. The first-order valence-electron chi connectivity index (χ1n) is 8.48. The Morgan fingerprint density at radius 2 is 1.82 bits per heavy atom. The minimum Gasteiger partial charge on any atom is -0.452 e. The Labute approximate surface area is 162 Å². The maximum Gasteiger partial charge on any atom is 0.338 e. The SMILES string of the molecule is CNc1ccc(C(=O)OCC(=O)NCc2ccc(N(C)C)cc2)cc1[N+](=O)[O-]. The van der Waals surface area contributed by atoms with Gasteiger partial charge in [0.1, 0.15) is 5.69 Å². The molecule has 0 fully saturated rings. The van der Waals surface area contributed by atoms with Gasteiger partial charge in [-0.1, -0.05) is 12.1 Å². The van der Waals surface area contributed by atoms with Crippen LogP contribution >= 0.6 is 0 Å². The van der Waals surface area contributed by atoms with E-state index in [-0.39, 0.29) is 16.9 Å². The Hall–Kier alpha value is -3.62. The molecule has 0 saturated heterocycles. The number of ether oxygens (including phenoxy) is 1. The van der Waals surface area contributed by atoms with Crippen LogP contribution in [-0.2, 0) is 16.1 Å². The molecule has 0 unspecified atom stereocenters. The van der Waals surface area contributed by atoms with Gasteiger partial charge >= 0.3 is 5.97 Å². The maximum atomic E-state index is 12.0. The van der Waals surface area contributed by atoms with Crippen molar-refractivity contribution in [3.05, 3.63) is 63.7 Å². The van der Waals surface area contributed by atoms with Crippen molar-refractivity contribution in [1.29, 1.82) is 0 Å². The summed E-state index contributed by atoms with van der Waals surface area (Å²) < 4.78 is 4.94. The molecule has 0 saturated carbocycles. The number of hydrogen-bond donors (Lipinski definition) is 2. The molecule has 28 heavy (non-hydrogen) atoms. The number of rotatable bonds is 8. The van der Waals surface area contributed by atoms with Gasteiger partial charge < -0.3 is 20.3 Å². The number of nitro groups is 1. The summed E-state index contributed by atoms with van der Waals surface area (Å²) in [5.74, 6) is -1.28. The van der Waals surface area contributed by atoms with Gasteiger partial charge in [0.25, 0.3) is 11.6 Å². The van der Waals surface area contributed by atoms with E-state index in [1.54, 1.807) is 7.05 Å². The van der Waals surface area contributed by atoms with Gasteiger partial charge in [0.2, 0.25) is 0 Å². The molecule has 0 aliphatic heterocycles. The Morgan fingerprint density at radius 1 is 1.14 bits per heavy atom. The molecule has 0 aliphatic carbocycles. The Bertz CT molecular complexity index is 865. The first kappa shape index (κ1) is 20.7. The van der Waals surface area contributed by atoms with Crippen molar-refractivity contribution in [3.8, 4) is 0 Å². The monoisotopic (exact) mass is 386 g/mol. The minimum atomic E-state index is -0.809. The molecule has 0 aromatic heterocycles. The van der Waals surface area contributed by atoms with Gasteiger partial charge in [-0.3, -0.25) is 14.9 Å². The number of hydrogen-bond acceptors (Lipinski definition) is 7. The number of amides is 1. The van der Waals surface area contributed by atoms with Crippen molar-refractivity contribution in [2.45, 2.75) is 6.54 Å². The summed E-state index contributed by atoms with van der Waals surface area (Å²) in [4.78, 5) is 36.4. The van der Waals surface area contributed by atoms with Crippen LogP contribution in [0.5, 0.6) is 0 Å². The molecule has 0 bridgehead atoms. The lowest BCUT2D eigenvalue weighted by molar-refractivity contribution is -0.384. The molecule has 148 valence electrons. The number of nitrogens with one attached hydrogen (secondary N) is 2. The topological polar surface area (TPSA) is 114 Å². The summed E-state index contributed by atoms with van der Waals surface area (Å²) in [6.07, 6.45) is 0. The van der Waals surface area contributed by atoms with Crippen molar-refractivity contribution in [2.24, 2.45) is 0 Å². The number of anilines is 2. The van der Waals surface area contributed by atoms with Crippen LogP contribution in [0.2, 0.25) is 0 Å². The van der Waals surface area contributed by atoms with Gasteiger partial charge in [0, 0.05) is 39.4 Å². The molecule has 0 heterocycles. The average Bonchev–Trinajstić information content (AvgIpc) is 2.70. The second-order valence-electron chi connectivity index (χ2n) is 6.15. The third-order valence-electron chi connectivity index (χ3n) is 3.98. The molecule has 2 aromatic carbocycles. The van der Waals surface area contributed by atoms with Crippen LogP contribution in [0, 0.1) is 10.1 Å². The molecule has 0 atom stereocenters. The number of carbonyl (C=O) groups is 2. The van der Waals surface area contributed by atoms with Crippen LogP contribution < -0.4 is 15.5 Å². The standard InChI is InChI=1S/C19H22N4O5/c1-20-16-9-6-14(10-17(16)23(26)27)19(25)28-12-18(24)21-11-13-4-7-15(8-5-13)22(2)3/h4-10,20H,11-12H2,1-3H3,(H,21,24). The van der Waals surface area contributed by atoms with Crippen LogP contribution in [0.25, 0.3) is 0 Å². The molecule has 9 nitrogen and oxygen atoms in total. The second-order valence-corrected chi connectivity index (χ2v) is 6.15. The third kappa shape index (κ3) is 5.44. The summed E-state index contributed by atoms with van der Waals surface area (Å²) >= 11 is 0. The summed E-state index contributed by atoms with van der Waals surface area (Å²) in [7, 11) is 5.41.